The number of rotatable bonds is 4. The third-order valence-corrected chi connectivity index (χ3v) is 3.11. The normalized spacial score (nSPS) is 11.5. The largest absolute Gasteiger partial charge is 0.351 e. The summed E-state index contributed by atoms with van der Waals surface area (Å²) in [6, 6.07) is 11.4. The lowest BCUT2D eigenvalue weighted by Crippen LogP contribution is -2.27. The number of hydrogen-bond donors (Lipinski definition) is 3. The van der Waals surface area contributed by atoms with E-state index in [1.165, 1.54) is 18.2 Å². The molecule has 0 radical (unpaired) electrons. The molecule has 1 atom stereocenters. The third kappa shape index (κ3) is 4.05. The summed E-state index contributed by atoms with van der Waals surface area (Å²) in [5.74, 6) is -0.627. The molecule has 0 aliphatic heterocycles. The predicted molar refractivity (Wildman–Crippen MR) is 81.9 cm³/mol. The molecule has 0 aliphatic carbocycles. The van der Waals surface area contributed by atoms with Crippen molar-refractivity contribution >= 4 is 17.6 Å². The van der Waals surface area contributed by atoms with Crippen LogP contribution in [0.3, 0.4) is 0 Å². The van der Waals surface area contributed by atoms with Gasteiger partial charge in [-0.3, -0.25) is 4.79 Å². The Morgan fingerprint density at radius 2 is 1.82 bits per heavy atom. The Hall–Kier alpha value is -2.89. The average Bonchev–Trinajstić information content (AvgIpc) is 2.47. The molecular weight excluding hydrogens is 285 g/mol. The minimum atomic E-state index is -0.697. The van der Waals surface area contributed by atoms with Crippen molar-refractivity contribution in [3.8, 4) is 0 Å². The number of anilines is 1. The number of amides is 3. The van der Waals surface area contributed by atoms with E-state index in [1.54, 1.807) is 37.3 Å². The van der Waals surface area contributed by atoms with Gasteiger partial charge >= 0.3 is 6.03 Å². The minimum absolute atomic E-state index is 0.277. The van der Waals surface area contributed by atoms with E-state index in [2.05, 4.69) is 10.6 Å². The number of nitrogens with one attached hydrogen (secondary N) is 2. The molecule has 6 heteroatoms. The molecule has 3 amide bonds. The lowest BCUT2D eigenvalue weighted by Gasteiger charge is -2.15. The van der Waals surface area contributed by atoms with Crippen molar-refractivity contribution in [2.24, 2.45) is 5.73 Å². The van der Waals surface area contributed by atoms with Crippen molar-refractivity contribution in [2.75, 3.05) is 5.32 Å². The van der Waals surface area contributed by atoms with Crippen LogP contribution in [-0.4, -0.2) is 11.9 Å². The van der Waals surface area contributed by atoms with Crippen LogP contribution in [0.2, 0.25) is 0 Å². The molecule has 4 N–H and O–H groups in total. The first-order valence-corrected chi connectivity index (χ1v) is 6.68. The summed E-state index contributed by atoms with van der Waals surface area (Å²) in [6.45, 7) is 1.80. The van der Waals surface area contributed by atoms with Crippen molar-refractivity contribution in [3.05, 3.63) is 65.5 Å². The summed E-state index contributed by atoms with van der Waals surface area (Å²) in [7, 11) is 0. The van der Waals surface area contributed by atoms with E-state index in [-0.39, 0.29) is 17.8 Å². The van der Waals surface area contributed by atoms with Gasteiger partial charge in [0.25, 0.3) is 5.91 Å². The first kappa shape index (κ1) is 15.5. The Balaban J connectivity index is 2.08. The number of halogens is 1. The van der Waals surface area contributed by atoms with Gasteiger partial charge in [-0.1, -0.05) is 18.2 Å². The molecule has 0 heterocycles. The lowest BCUT2D eigenvalue weighted by molar-refractivity contribution is 0.0940. The molecule has 2 rings (SSSR count). The van der Waals surface area contributed by atoms with Crippen LogP contribution in [0.4, 0.5) is 14.9 Å². The highest BCUT2D eigenvalue weighted by Gasteiger charge is 2.12. The predicted octanol–water partition coefficient (Wildman–Crippen LogP) is 2.81. The minimum Gasteiger partial charge on any atom is -0.351 e. The second kappa shape index (κ2) is 6.71. The zero-order valence-corrected chi connectivity index (χ0v) is 12.0. The van der Waals surface area contributed by atoms with Crippen LogP contribution >= 0.6 is 0 Å². The molecule has 22 heavy (non-hydrogen) atoms. The standard InChI is InChI=1S/C16H16FN3O2/c1-10(11-5-7-13(17)8-6-11)19-15(21)12-3-2-4-14(9-12)20-16(18)22/h2-10H,1H3,(H,19,21)(H3,18,20,22)/t10-/m1/s1. The Bertz CT molecular complexity index is 686. The highest BCUT2D eigenvalue weighted by atomic mass is 19.1. The third-order valence-electron chi connectivity index (χ3n) is 3.11. The van der Waals surface area contributed by atoms with E-state index >= 15 is 0 Å². The fourth-order valence-electron chi connectivity index (χ4n) is 2.00. The number of primary amides is 1. The number of carbonyl (C=O) groups excluding carboxylic acids is 2. The van der Waals surface area contributed by atoms with E-state index in [0.717, 1.165) is 5.56 Å². The Kier molecular flexibility index (Phi) is 4.73. The van der Waals surface area contributed by atoms with Crippen molar-refractivity contribution < 1.29 is 14.0 Å². The topological polar surface area (TPSA) is 84.2 Å². The monoisotopic (exact) mass is 301 g/mol. The van der Waals surface area contributed by atoms with E-state index in [4.69, 9.17) is 5.73 Å². The molecule has 5 nitrogen and oxygen atoms in total. The van der Waals surface area contributed by atoms with E-state index in [1.807, 2.05) is 0 Å². The maximum Gasteiger partial charge on any atom is 0.316 e. The van der Waals surface area contributed by atoms with Crippen LogP contribution in [0.5, 0.6) is 0 Å². The molecular formula is C16H16FN3O2. The number of nitrogens with two attached hydrogens (primary N) is 1. The summed E-state index contributed by atoms with van der Waals surface area (Å²) >= 11 is 0. The zero-order valence-electron chi connectivity index (χ0n) is 12.0. The van der Waals surface area contributed by atoms with Crippen LogP contribution in [0, 0.1) is 5.82 Å². The van der Waals surface area contributed by atoms with Gasteiger partial charge in [-0.15, -0.1) is 0 Å². The van der Waals surface area contributed by atoms with Crippen molar-refractivity contribution in [1.82, 2.24) is 5.32 Å². The quantitative estimate of drug-likeness (QED) is 0.811. The van der Waals surface area contributed by atoms with Crippen molar-refractivity contribution in [3.63, 3.8) is 0 Å². The Morgan fingerprint density at radius 3 is 2.45 bits per heavy atom. The second-order valence-corrected chi connectivity index (χ2v) is 4.82. The number of hydrogen-bond acceptors (Lipinski definition) is 2. The average molecular weight is 301 g/mol. The van der Waals surface area contributed by atoms with Crippen LogP contribution in [-0.2, 0) is 0 Å². The SMILES string of the molecule is C[C@@H](NC(=O)c1cccc(NC(N)=O)c1)c1ccc(F)cc1. The van der Waals surface area contributed by atoms with E-state index in [9.17, 15) is 14.0 Å². The zero-order chi connectivity index (χ0) is 16.1. The van der Waals surface area contributed by atoms with Gasteiger partial charge in [0, 0.05) is 11.3 Å². The summed E-state index contributed by atoms with van der Waals surface area (Å²) in [4.78, 5) is 23.0. The first-order chi connectivity index (χ1) is 10.5. The second-order valence-electron chi connectivity index (χ2n) is 4.82. The number of benzene rings is 2. The summed E-state index contributed by atoms with van der Waals surface area (Å²) in [5, 5.41) is 5.22. The maximum atomic E-state index is 12.9. The Morgan fingerprint density at radius 1 is 1.14 bits per heavy atom. The molecule has 0 bridgehead atoms. The van der Waals surface area contributed by atoms with Crippen LogP contribution in [0.1, 0.15) is 28.9 Å². The van der Waals surface area contributed by atoms with Crippen LogP contribution < -0.4 is 16.4 Å². The molecule has 0 fully saturated rings. The van der Waals surface area contributed by atoms with Gasteiger partial charge < -0.3 is 16.4 Å². The van der Waals surface area contributed by atoms with E-state index < -0.39 is 6.03 Å². The van der Waals surface area contributed by atoms with Gasteiger partial charge in [-0.2, -0.15) is 0 Å². The van der Waals surface area contributed by atoms with Gasteiger partial charge in [-0.25, -0.2) is 9.18 Å². The summed E-state index contributed by atoms with van der Waals surface area (Å²) in [6.07, 6.45) is 0. The van der Waals surface area contributed by atoms with E-state index in [0.29, 0.717) is 11.3 Å². The maximum absolute atomic E-state index is 12.9. The number of urea groups is 1. The van der Waals surface area contributed by atoms with Crippen molar-refractivity contribution in [1.29, 1.82) is 0 Å². The molecule has 0 unspecified atom stereocenters. The van der Waals surface area contributed by atoms with Crippen molar-refractivity contribution in [2.45, 2.75) is 13.0 Å². The molecule has 2 aromatic rings. The van der Waals surface area contributed by atoms with Gasteiger partial charge in [0.2, 0.25) is 0 Å². The van der Waals surface area contributed by atoms with Gasteiger partial charge in [0.15, 0.2) is 0 Å². The highest BCUT2D eigenvalue weighted by molar-refractivity contribution is 5.96. The van der Waals surface area contributed by atoms with Gasteiger partial charge in [-0.05, 0) is 42.8 Å². The molecule has 0 saturated carbocycles. The number of carbonyl (C=O) groups is 2. The van der Waals surface area contributed by atoms with Crippen LogP contribution in [0.15, 0.2) is 48.5 Å². The lowest BCUT2D eigenvalue weighted by atomic mass is 10.1. The molecule has 0 saturated heterocycles. The molecule has 0 aromatic heterocycles. The fourth-order valence-corrected chi connectivity index (χ4v) is 2.00. The molecule has 0 aliphatic rings. The highest BCUT2D eigenvalue weighted by Crippen LogP contribution is 2.15. The molecule has 2 aromatic carbocycles. The smallest absolute Gasteiger partial charge is 0.316 e. The Labute approximate surface area is 127 Å². The van der Waals surface area contributed by atoms with Gasteiger partial charge in [0.05, 0.1) is 6.04 Å². The molecule has 0 spiro atoms. The first-order valence-electron chi connectivity index (χ1n) is 6.68. The fraction of sp³-hybridized carbons (Fsp3) is 0.125. The van der Waals surface area contributed by atoms with Crippen LogP contribution in [0.25, 0.3) is 0 Å². The summed E-state index contributed by atoms with van der Waals surface area (Å²) < 4.78 is 12.9. The van der Waals surface area contributed by atoms with Gasteiger partial charge in [0.1, 0.15) is 5.82 Å². The summed E-state index contributed by atoms with van der Waals surface area (Å²) in [5.41, 5.74) is 6.66. The molecule has 114 valence electrons.